The van der Waals surface area contributed by atoms with E-state index >= 15 is 0 Å². The van der Waals surface area contributed by atoms with E-state index in [9.17, 15) is 9.59 Å². The van der Waals surface area contributed by atoms with Crippen molar-refractivity contribution in [3.8, 4) is 5.75 Å². The molecule has 1 saturated heterocycles. The van der Waals surface area contributed by atoms with Gasteiger partial charge in [-0.15, -0.1) is 0 Å². The zero-order valence-corrected chi connectivity index (χ0v) is 14.1. The van der Waals surface area contributed by atoms with Gasteiger partial charge < -0.3 is 9.64 Å². The summed E-state index contributed by atoms with van der Waals surface area (Å²) in [4.78, 5) is 28.7. The molecule has 3 amide bonds. The highest BCUT2D eigenvalue weighted by Crippen LogP contribution is 2.40. The second kappa shape index (κ2) is 5.87. The minimum atomic E-state index is -0.619. The number of hydrogen-bond donors (Lipinski definition) is 0. The van der Waals surface area contributed by atoms with Gasteiger partial charge in [-0.2, -0.15) is 0 Å². The highest BCUT2D eigenvalue weighted by atomic mass is 16.5. The van der Waals surface area contributed by atoms with Gasteiger partial charge in [0.1, 0.15) is 11.3 Å². The predicted octanol–water partition coefficient (Wildman–Crippen LogP) is 3.10. The molecule has 0 radical (unpaired) electrons. The number of nitrogens with zero attached hydrogens (tertiary/aromatic N) is 2. The lowest BCUT2D eigenvalue weighted by Crippen LogP contribution is -2.49. The topological polar surface area (TPSA) is 49.9 Å². The minimum Gasteiger partial charge on any atom is -0.496 e. The second-order valence-corrected chi connectivity index (χ2v) is 6.64. The van der Waals surface area contributed by atoms with Crippen molar-refractivity contribution in [1.29, 1.82) is 0 Å². The van der Waals surface area contributed by atoms with Crippen molar-refractivity contribution >= 4 is 11.9 Å². The number of methoxy groups -OCH3 is 1. The highest BCUT2D eigenvalue weighted by Gasteiger charge is 2.55. The van der Waals surface area contributed by atoms with Gasteiger partial charge in [-0.25, -0.2) is 4.79 Å². The van der Waals surface area contributed by atoms with Crippen LogP contribution in [0.15, 0.2) is 18.2 Å². The number of benzene rings is 1. The van der Waals surface area contributed by atoms with E-state index in [1.54, 1.807) is 19.1 Å². The maximum Gasteiger partial charge on any atom is 0.327 e. The summed E-state index contributed by atoms with van der Waals surface area (Å²) >= 11 is 0. The summed E-state index contributed by atoms with van der Waals surface area (Å²) in [6.45, 7) is 2.26. The molecule has 23 heavy (non-hydrogen) atoms. The van der Waals surface area contributed by atoms with Gasteiger partial charge in [-0.1, -0.05) is 37.0 Å². The Labute approximate surface area is 137 Å². The van der Waals surface area contributed by atoms with Crippen LogP contribution in [0.2, 0.25) is 0 Å². The van der Waals surface area contributed by atoms with Crippen LogP contribution in [-0.2, 0) is 11.3 Å². The van der Waals surface area contributed by atoms with Crippen LogP contribution in [0.25, 0.3) is 0 Å². The van der Waals surface area contributed by atoms with E-state index in [2.05, 4.69) is 0 Å². The normalized spacial score (nSPS) is 20.5. The predicted molar refractivity (Wildman–Crippen MR) is 87.3 cm³/mol. The van der Waals surface area contributed by atoms with Gasteiger partial charge >= 0.3 is 6.03 Å². The Morgan fingerprint density at radius 1 is 1.17 bits per heavy atom. The summed E-state index contributed by atoms with van der Waals surface area (Å²) in [7, 11) is 3.37. The molecule has 2 fully saturated rings. The third kappa shape index (κ3) is 2.48. The molecule has 2 aliphatic rings. The maximum absolute atomic E-state index is 13.0. The van der Waals surface area contributed by atoms with Gasteiger partial charge in [0.2, 0.25) is 0 Å². The number of aryl methyl sites for hydroxylation is 1. The summed E-state index contributed by atoms with van der Waals surface area (Å²) < 4.78 is 5.38. The Morgan fingerprint density at radius 2 is 1.87 bits per heavy atom. The van der Waals surface area contributed by atoms with Gasteiger partial charge in [0.05, 0.1) is 13.7 Å². The van der Waals surface area contributed by atoms with E-state index < -0.39 is 5.54 Å². The third-order valence-electron chi connectivity index (χ3n) is 5.25. The molecule has 1 aliphatic carbocycles. The number of imide groups is 1. The SMILES string of the molecule is COc1ccc(C)cc1CN1C(=O)N(C)C2(CCCCC2)C1=O. The Bertz CT molecular complexity index is 635. The molecule has 0 aromatic heterocycles. The van der Waals surface area contributed by atoms with E-state index in [1.165, 1.54) is 4.90 Å². The molecule has 1 aliphatic heterocycles. The lowest BCUT2D eigenvalue weighted by atomic mass is 9.80. The van der Waals surface area contributed by atoms with Crippen molar-refractivity contribution in [2.24, 2.45) is 0 Å². The average molecular weight is 316 g/mol. The van der Waals surface area contributed by atoms with Crippen LogP contribution < -0.4 is 4.74 Å². The molecule has 0 atom stereocenters. The second-order valence-electron chi connectivity index (χ2n) is 6.64. The Hall–Kier alpha value is -2.04. The lowest BCUT2D eigenvalue weighted by molar-refractivity contribution is -0.134. The molecule has 0 N–H and O–H groups in total. The molecule has 0 bridgehead atoms. The zero-order chi connectivity index (χ0) is 16.6. The molecule has 124 valence electrons. The number of likely N-dealkylation sites (N-methyl/N-ethyl adjacent to an activating group) is 1. The van der Waals surface area contributed by atoms with Crippen LogP contribution in [0, 0.1) is 6.92 Å². The quantitative estimate of drug-likeness (QED) is 0.805. The van der Waals surface area contributed by atoms with Crippen LogP contribution in [0.4, 0.5) is 4.79 Å². The Kier molecular flexibility index (Phi) is 4.04. The van der Waals surface area contributed by atoms with Crippen molar-refractivity contribution in [3.05, 3.63) is 29.3 Å². The van der Waals surface area contributed by atoms with Crippen molar-refractivity contribution in [1.82, 2.24) is 9.80 Å². The largest absolute Gasteiger partial charge is 0.496 e. The van der Waals surface area contributed by atoms with Gasteiger partial charge in [-0.3, -0.25) is 9.69 Å². The first-order valence-corrected chi connectivity index (χ1v) is 8.23. The number of urea groups is 1. The first kappa shape index (κ1) is 15.8. The average Bonchev–Trinajstić information content (AvgIpc) is 2.72. The fourth-order valence-electron chi connectivity index (χ4n) is 3.87. The lowest BCUT2D eigenvalue weighted by Gasteiger charge is -2.35. The van der Waals surface area contributed by atoms with E-state index in [0.29, 0.717) is 5.75 Å². The van der Waals surface area contributed by atoms with Crippen LogP contribution in [0.1, 0.15) is 43.2 Å². The van der Waals surface area contributed by atoms with E-state index in [4.69, 9.17) is 4.74 Å². The zero-order valence-electron chi connectivity index (χ0n) is 14.1. The molecular weight excluding hydrogens is 292 g/mol. The first-order valence-electron chi connectivity index (χ1n) is 8.23. The molecule has 0 unspecified atom stereocenters. The fraction of sp³-hybridized carbons (Fsp3) is 0.556. The fourth-order valence-corrected chi connectivity index (χ4v) is 3.87. The molecular formula is C18H24N2O3. The first-order chi connectivity index (χ1) is 11.0. The monoisotopic (exact) mass is 316 g/mol. The smallest absolute Gasteiger partial charge is 0.327 e. The van der Waals surface area contributed by atoms with Crippen molar-refractivity contribution in [2.45, 2.75) is 51.1 Å². The van der Waals surface area contributed by atoms with Gasteiger partial charge in [-0.05, 0) is 25.8 Å². The molecule has 1 aromatic carbocycles. The molecule has 5 heteroatoms. The number of rotatable bonds is 3. The van der Waals surface area contributed by atoms with Crippen LogP contribution in [-0.4, -0.2) is 41.4 Å². The summed E-state index contributed by atoms with van der Waals surface area (Å²) in [5, 5.41) is 0. The summed E-state index contributed by atoms with van der Waals surface area (Å²) in [5.74, 6) is 0.664. The molecule has 1 heterocycles. The van der Waals surface area contributed by atoms with Crippen molar-refractivity contribution < 1.29 is 14.3 Å². The van der Waals surface area contributed by atoms with E-state index in [-0.39, 0.29) is 18.5 Å². The number of carbonyl (C=O) groups is 2. The van der Waals surface area contributed by atoms with Crippen LogP contribution in [0.3, 0.4) is 0 Å². The molecule has 1 aromatic rings. The van der Waals surface area contributed by atoms with Gasteiger partial charge in [0.15, 0.2) is 0 Å². The highest BCUT2D eigenvalue weighted by molar-refractivity contribution is 6.06. The van der Waals surface area contributed by atoms with Crippen molar-refractivity contribution in [2.75, 3.05) is 14.2 Å². The summed E-state index contributed by atoms with van der Waals surface area (Å²) in [6, 6.07) is 5.63. The number of hydrogen-bond acceptors (Lipinski definition) is 3. The molecule has 5 nitrogen and oxygen atoms in total. The minimum absolute atomic E-state index is 0.0479. The Balaban J connectivity index is 1.90. The standard InChI is InChI=1S/C18H24N2O3/c1-13-7-8-15(23-3)14(11-13)12-20-16(21)18(19(2)17(20)22)9-5-4-6-10-18/h7-8,11H,4-6,9-10,12H2,1-3H3. The summed E-state index contributed by atoms with van der Waals surface area (Å²) in [5.41, 5.74) is 1.34. The van der Waals surface area contributed by atoms with Gasteiger partial charge in [0.25, 0.3) is 5.91 Å². The number of amides is 3. The number of carbonyl (C=O) groups excluding carboxylic acids is 2. The number of ether oxygens (including phenoxy) is 1. The van der Waals surface area contributed by atoms with E-state index in [0.717, 1.165) is 43.2 Å². The van der Waals surface area contributed by atoms with Crippen LogP contribution in [0.5, 0.6) is 5.75 Å². The maximum atomic E-state index is 13.0. The van der Waals surface area contributed by atoms with Gasteiger partial charge in [0, 0.05) is 12.6 Å². The molecule has 1 saturated carbocycles. The van der Waals surface area contributed by atoms with Crippen molar-refractivity contribution in [3.63, 3.8) is 0 Å². The molecule has 3 rings (SSSR count). The summed E-state index contributed by atoms with van der Waals surface area (Å²) in [6.07, 6.45) is 4.70. The van der Waals surface area contributed by atoms with E-state index in [1.807, 2.05) is 25.1 Å². The molecule has 1 spiro atoms. The Morgan fingerprint density at radius 3 is 2.52 bits per heavy atom. The third-order valence-corrected chi connectivity index (χ3v) is 5.25. The van der Waals surface area contributed by atoms with Crippen LogP contribution >= 0.6 is 0 Å².